The highest BCUT2D eigenvalue weighted by Crippen LogP contribution is 2.66. The van der Waals surface area contributed by atoms with Gasteiger partial charge in [0, 0.05) is 11.8 Å². The standard InChI is InChI=1S/C19H26O8/c1-5-24-14(20)18(15(21)25-6-2)12-9-10-13(11-12)19(18,16(22)26-7-3)17(23)27-8-4/h9-10,12-13H,5-8,11H2,1-4H3. The molecule has 0 N–H and O–H groups in total. The van der Waals surface area contributed by atoms with Crippen LogP contribution in [0.15, 0.2) is 12.2 Å². The average molecular weight is 382 g/mol. The van der Waals surface area contributed by atoms with E-state index in [1.807, 2.05) is 0 Å². The third-order valence-electron chi connectivity index (χ3n) is 5.21. The number of hydrogen-bond donors (Lipinski definition) is 0. The second-order valence-corrected chi connectivity index (χ2v) is 6.33. The summed E-state index contributed by atoms with van der Waals surface area (Å²) in [4.78, 5) is 52.5. The van der Waals surface area contributed by atoms with E-state index >= 15 is 0 Å². The number of rotatable bonds is 8. The Balaban J connectivity index is 2.80. The summed E-state index contributed by atoms with van der Waals surface area (Å²) in [6.45, 7) is 6.22. The number of ether oxygens (including phenoxy) is 4. The maximum atomic E-state index is 13.1. The SMILES string of the molecule is CCOC(=O)C1(C(=O)OCC)C2C=CC(C2)C1(C(=O)OCC)C(=O)OCC. The zero-order valence-electron chi connectivity index (χ0n) is 16.1. The summed E-state index contributed by atoms with van der Waals surface area (Å²) in [5.74, 6) is -5.34. The van der Waals surface area contributed by atoms with Crippen molar-refractivity contribution in [1.29, 1.82) is 0 Å². The minimum Gasteiger partial charge on any atom is -0.465 e. The van der Waals surface area contributed by atoms with Gasteiger partial charge in [-0.2, -0.15) is 0 Å². The fraction of sp³-hybridized carbons (Fsp3) is 0.684. The Labute approximate surface area is 158 Å². The average Bonchev–Trinajstić information content (AvgIpc) is 3.21. The van der Waals surface area contributed by atoms with Gasteiger partial charge in [-0.15, -0.1) is 0 Å². The molecular weight excluding hydrogens is 356 g/mol. The Morgan fingerprint density at radius 3 is 1.15 bits per heavy atom. The van der Waals surface area contributed by atoms with Gasteiger partial charge in [0.2, 0.25) is 0 Å². The van der Waals surface area contributed by atoms with E-state index in [-0.39, 0.29) is 32.8 Å². The van der Waals surface area contributed by atoms with E-state index in [4.69, 9.17) is 18.9 Å². The van der Waals surface area contributed by atoms with E-state index in [9.17, 15) is 19.2 Å². The van der Waals surface area contributed by atoms with Crippen LogP contribution in [-0.2, 0) is 38.1 Å². The zero-order chi connectivity index (χ0) is 20.2. The number of fused-ring (bicyclic) bond motifs is 2. The molecule has 8 nitrogen and oxygen atoms in total. The molecule has 0 aromatic heterocycles. The summed E-state index contributed by atoms with van der Waals surface area (Å²) >= 11 is 0. The highest BCUT2D eigenvalue weighted by Gasteiger charge is 2.83. The van der Waals surface area contributed by atoms with Gasteiger partial charge in [-0.3, -0.25) is 19.2 Å². The molecule has 2 rings (SSSR count). The smallest absolute Gasteiger partial charge is 0.325 e. The van der Waals surface area contributed by atoms with E-state index in [2.05, 4.69) is 0 Å². The van der Waals surface area contributed by atoms with Gasteiger partial charge >= 0.3 is 23.9 Å². The third-order valence-corrected chi connectivity index (χ3v) is 5.21. The predicted octanol–water partition coefficient (Wildman–Crippen LogP) is 1.42. The minimum atomic E-state index is -2.17. The number of allylic oxidation sites excluding steroid dienone is 2. The molecule has 8 heteroatoms. The molecule has 27 heavy (non-hydrogen) atoms. The molecule has 2 bridgehead atoms. The van der Waals surface area contributed by atoms with Crippen LogP contribution < -0.4 is 0 Å². The van der Waals surface area contributed by atoms with Gasteiger partial charge in [0.15, 0.2) is 10.8 Å². The first-order valence-corrected chi connectivity index (χ1v) is 9.26. The van der Waals surface area contributed by atoms with Gasteiger partial charge in [0.1, 0.15) is 0 Å². The second-order valence-electron chi connectivity index (χ2n) is 6.33. The third kappa shape index (κ3) is 2.73. The zero-order valence-corrected chi connectivity index (χ0v) is 16.1. The lowest BCUT2D eigenvalue weighted by Crippen LogP contribution is -2.64. The van der Waals surface area contributed by atoms with Crippen molar-refractivity contribution in [3.8, 4) is 0 Å². The number of hydrogen-bond acceptors (Lipinski definition) is 8. The van der Waals surface area contributed by atoms with Crippen LogP contribution in [0.25, 0.3) is 0 Å². The van der Waals surface area contributed by atoms with Crippen LogP contribution in [0.5, 0.6) is 0 Å². The Kier molecular flexibility index (Phi) is 6.28. The van der Waals surface area contributed by atoms with Crippen LogP contribution in [0.4, 0.5) is 0 Å². The fourth-order valence-corrected chi connectivity index (χ4v) is 4.32. The molecule has 0 aliphatic heterocycles. The normalized spacial score (nSPS) is 23.6. The summed E-state index contributed by atoms with van der Waals surface area (Å²) < 4.78 is 20.7. The molecule has 0 aromatic rings. The van der Waals surface area contributed by atoms with E-state index in [1.165, 1.54) is 0 Å². The summed E-state index contributed by atoms with van der Waals surface area (Å²) in [6, 6.07) is 0. The first-order valence-electron chi connectivity index (χ1n) is 9.26. The lowest BCUT2D eigenvalue weighted by Gasteiger charge is -2.43. The van der Waals surface area contributed by atoms with Crippen LogP contribution >= 0.6 is 0 Å². The van der Waals surface area contributed by atoms with Crippen molar-refractivity contribution < 1.29 is 38.1 Å². The van der Waals surface area contributed by atoms with Crippen LogP contribution in [-0.4, -0.2) is 50.3 Å². The highest BCUT2D eigenvalue weighted by molar-refractivity contribution is 6.16. The molecule has 0 heterocycles. The highest BCUT2D eigenvalue weighted by atomic mass is 16.6. The van der Waals surface area contributed by atoms with Gasteiger partial charge in [0.05, 0.1) is 26.4 Å². The van der Waals surface area contributed by atoms with Crippen molar-refractivity contribution in [3.05, 3.63) is 12.2 Å². The molecule has 1 fully saturated rings. The Morgan fingerprint density at radius 2 is 0.926 bits per heavy atom. The molecule has 2 atom stereocenters. The topological polar surface area (TPSA) is 105 Å². The monoisotopic (exact) mass is 382 g/mol. The van der Waals surface area contributed by atoms with Gasteiger partial charge in [-0.25, -0.2) is 0 Å². The molecule has 1 saturated carbocycles. The molecule has 0 spiro atoms. The van der Waals surface area contributed by atoms with Gasteiger partial charge in [-0.05, 0) is 34.1 Å². The Bertz CT molecular complexity index is 560. The molecule has 0 radical (unpaired) electrons. The van der Waals surface area contributed by atoms with Crippen molar-refractivity contribution in [2.24, 2.45) is 22.7 Å². The lowest BCUT2D eigenvalue weighted by atomic mass is 9.57. The van der Waals surface area contributed by atoms with Gasteiger partial charge in [0.25, 0.3) is 0 Å². The second kappa shape index (κ2) is 8.10. The van der Waals surface area contributed by atoms with Crippen LogP contribution in [0.1, 0.15) is 34.1 Å². The number of carbonyl (C=O) groups excluding carboxylic acids is 4. The fourth-order valence-electron chi connectivity index (χ4n) is 4.32. The molecule has 2 aliphatic rings. The quantitative estimate of drug-likeness (QED) is 0.269. The van der Waals surface area contributed by atoms with Crippen LogP contribution in [0.3, 0.4) is 0 Å². The molecule has 2 aliphatic carbocycles. The van der Waals surface area contributed by atoms with Crippen molar-refractivity contribution in [3.63, 3.8) is 0 Å². The van der Waals surface area contributed by atoms with E-state index in [0.29, 0.717) is 0 Å². The molecule has 0 amide bonds. The van der Waals surface area contributed by atoms with E-state index in [1.54, 1.807) is 39.8 Å². The molecule has 2 unspecified atom stereocenters. The summed E-state index contributed by atoms with van der Waals surface area (Å²) in [7, 11) is 0. The maximum absolute atomic E-state index is 13.1. The van der Waals surface area contributed by atoms with Crippen molar-refractivity contribution in [2.75, 3.05) is 26.4 Å². The number of carbonyl (C=O) groups is 4. The van der Waals surface area contributed by atoms with E-state index in [0.717, 1.165) is 0 Å². The molecule has 0 aromatic carbocycles. The van der Waals surface area contributed by atoms with Gasteiger partial charge in [-0.1, -0.05) is 12.2 Å². The van der Waals surface area contributed by atoms with Crippen LogP contribution in [0, 0.1) is 22.7 Å². The Morgan fingerprint density at radius 1 is 0.667 bits per heavy atom. The molecular formula is C19H26O8. The van der Waals surface area contributed by atoms with Crippen molar-refractivity contribution >= 4 is 23.9 Å². The largest absolute Gasteiger partial charge is 0.465 e. The van der Waals surface area contributed by atoms with Crippen LogP contribution in [0.2, 0.25) is 0 Å². The molecule has 150 valence electrons. The maximum Gasteiger partial charge on any atom is 0.325 e. The predicted molar refractivity (Wildman–Crippen MR) is 92.1 cm³/mol. The lowest BCUT2D eigenvalue weighted by molar-refractivity contribution is -0.205. The Hall–Kier alpha value is -2.38. The summed E-state index contributed by atoms with van der Waals surface area (Å²) in [6.07, 6.45) is 3.57. The first-order chi connectivity index (χ1) is 12.9. The summed E-state index contributed by atoms with van der Waals surface area (Å²) in [5.41, 5.74) is -4.34. The van der Waals surface area contributed by atoms with E-state index < -0.39 is 46.5 Å². The molecule has 0 saturated heterocycles. The first kappa shape index (κ1) is 20.9. The van der Waals surface area contributed by atoms with Crippen molar-refractivity contribution in [2.45, 2.75) is 34.1 Å². The number of esters is 4. The van der Waals surface area contributed by atoms with Crippen molar-refractivity contribution in [1.82, 2.24) is 0 Å². The van der Waals surface area contributed by atoms with Gasteiger partial charge < -0.3 is 18.9 Å². The minimum absolute atomic E-state index is 0.0250. The summed E-state index contributed by atoms with van der Waals surface area (Å²) in [5, 5.41) is 0.